The lowest BCUT2D eigenvalue weighted by Crippen LogP contribution is -2.51. The molecule has 0 aromatic rings. The van der Waals surface area contributed by atoms with Gasteiger partial charge < -0.3 is 25.3 Å². The summed E-state index contributed by atoms with van der Waals surface area (Å²) in [4.78, 5) is 35.5. The third kappa shape index (κ3) is 5.78. The minimum Gasteiger partial charge on any atom is -0.464 e. The van der Waals surface area contributed by atoms with E-state index in [1.165, 1.54) is 0 Å². The molecule has 1 rings (SSSR count). The zero-order valence-corrected chi connectivity index (χ0v) is 13.5. The maximum Gasteiger partial charge on any atom is 0.340 e. The highest BCUT2D eigenvalue weighted by Crippen LogP contribution is 2.19. The maximum atomic E-state index is 12.0. The first-order valence-corrected chi connectivity index (χ1v) is 7.02. The molecule has 0 spiro atoms. The van der Waals surface area contributed by atoms with Gasteiger partial charge in [-0.1, -0.05) is 0 Å². The SMILES string of the molecule is CCOC(=O)C(NC(=O)[C@@H]1CC[C@H](CN)O1)C(=O)OCC.Cl. The molecule has 1 fully saturated rings. The van der Waals surface area contributed by atoms with E-state index >= 15 is 0 Å². The molecule has 1 amide bonds. The molecule has 0 unspecified atom stereocenters. The number of carbonyl (C=O) groups excluding carboxylic acids is 3. The molecule has 0 radical (unpaired) electrons. The van der Waals surface area contributed by atoms with Crippen LogP contribution in [0.15, 0.2) is 0 Å². The van der Waals surface area contributed by atoms with Crippen LogP contribution in [0.3, 0.4) is 0 Å². The second kappa shape index (κ2) is 10.4. The van der Waals surface area contributed by atoms with E-state index in [1.807, 2.05) is 0 Å². The lowest BCUT2D eigenvalue weighted by atomic mass is 10.2. The molecule has 2 atom stereocenters. The number of esters is 2. The van der Waals surface area contributed by atoms with Crippen LogP contribution in [0.25, 0.3) is 0 Å². The van der Waals surface area contributed by atoms with E-state index in [-0.39, 0.29) is 31.7 Å². The van der Waals surface area contributed by atoms with Crippen LogP contribution >= 0.6 is 12.4 Å². The van der Waals surface area contributed by atoms with Crippen LogP contribution in [-0.2, 0) is 28.6 Å². The van der Waals surface area contributed by atoms with E-state index in [0.717, 1.165) is 0 Å². The minimum atomic E-state index is -1.47. The first-order chi connectivity index (χ1) is 10.0. The molecular weight excluding hydrogens is 316 g/mol. The summed E-state index contributed by atoms with van der Waals surface area (Å²) < 4.78 is 14.9. The Balaban J connectivity index is 0.00000441. The predicted octanol–water partition coefficient (Wildman–Crippen LogP) is -0.474. The largest absolute Gasteiger partial charge is 0.464 e. The van der Waals surface area contributed by atoms with Gasteiger partial charge in [0, 0.05) is 6.54 Å². The highest BCUT2D eigenvalue weighted by Gasteiger charge is 2.36. The Morgan fingerprint density at radius 2 is 1.73 bits per heavy atom. The number of carbonyl (C=O) groups is 3. The van der Waals surface area contributed by atoms with Gasteiger partial charge in [0.05, 0.1) is 19.3 Å². The summed E-state index contributed by atoms with van der Waals surface area (Å²) in [5.74, 6) is -2.24. The molecule has 0 aromatic heterocycles. The molecule has 128 valence electrons. The average Bonchev–Trinajstić information content (AvgIpc) is 2.93. The Labute approximate surface area is 135 Å². The van der Waals surface area contributed by atoms with Gasteiger partial charge in [0.1, 0.15) is 6.10 Å². The normalized spacial score (nSPS) is 20.2. The van der Waals surface area contributed by atoms with E-state index in [4.69, 9.17) is 19.9 Å². The van der Waals surface area contributed by atoms with Crippen molar-refractivity contribution in [2.24, 2.45) is 5.73 Å². The molecule has 1 saturated heterocycles. The monoisotopic (exact) mass is 338 g/mol. The highest BCUT2D eigenvalue weighted by atomic mass is 35.5. The van der Waals surface area contributed by atoms with E-state index < -0.39 is 30.0 Å². The van der Waals surface area contributed by atoms with Crippen LogP contribution in [0.1, 0.15) is 26.7 Å². The molecule has 0 saturated carbocycles. The van der Waals surface area contributed by atoms with Gasteiger partial charge in [0.15, 0.2) is 0 Å². The Hall–Kier alpha value is -1.38. The van der Waals surface area contributed by atoms with Gasteiger partial charge in [-0.15, -0.1) is 12.4 Å². The standard InChI is InChI=1S/C13H22N2O6.ClH/c1-3-19-12(17)10(13(18)20-4-2)15-11(16)9-6-5-8(7-14)21-9;/h8-10H,3-7,14H2,1-2H3,(H,15,16);1H/t8-,9+;/m1./s1. The number of nitrogens with two attached hydrogens (primary N) is 1. The number of halogens is 1. The highest BCUT2D eigenvalue weighted by molar-refractivity contribution is 6.03. The van der Waals surface area contributed by atoms with Crippen molar-refractivity contribution in [2.75, 3.05) is 19.8 Å². The topological polar surface area (TPSA) is 117 Å². The fraction of sp³-hybridized carbons (Fsp3) is 0.769. The van der Waals surface area contributed by atoms with Gasteiger partial charge in [-0.2, -0.15) is 0 Å². The van der Waals surface area contributed by atoms with Crippen molar-refractivity contribution in [3.8, 4) is 0 Å². The molecule has 0 bridgehead atoms. The summed E-state index contributed by atoms with van der Waals surface area (Å²) in [6.45, 7) is 3.73. The summed E-state index contributed by atoms with van der Waals surface area (Å²) in [5, 5.41) is 2.32. The number of nitrogens with one attached hydrogen (secondary N) is 1. The van der Waals surface area contributed by atoms with Crippen molar-refractivity contribution in [1.29, 1.82) is 0 Å². The molecule has 22 heavy (non-hydrogen) atoms. The van der Waals surface area contributed by atoms with Gasteiger partial charge in [-0.05, 0) is 26.7 Å². The summed E-state index contributed by atoms with van der Waals surface area (Å²) in [6.07, 6.45) is 0.263. The number of rotatable bonds is 7. The van der Waals surface area contributed by atoms with Crippen molar-refractivity contribution in [3.05, 3.63) is 0 Å². The summed E-state index contributed by atoms with van der Waals surface area (Å²) in [6, 6.07) is -1.47. The van der Waals surface area contributed by atoms with E-state index in [9.17, 15) is 14.4 Å². The fourth-order valence-corrected chi connectivity index (χ4v) is 1.97. The van der Waals surface area contributed by atoms with Crippen molar-refractivity contribution in [3.63, 3.8) is 0 Å². The van der Waals surface area contributed by atoms with Crippen LogP contribution in [-0.4, -0.2) is 55.9 Å². The lowest BCUT2D eigenvalue weighted by molar-refractivity contribution is -0.160. The van der Waals surface area contributed by atoms with Crippen molar-refractivity contribution < 1.29 is 28.6 Å². The summed E-state index contributed by atoms with van der Waals surface area (Å²) in [7, 11) is 0. The zero-order valence-electron chi connectivity index (χ0n) is 12.7. The summed E-state index contributed by atoms with van der Waals surface area (Å²) >= 11 is 0. The van der Waals surface area contributed by atoms with Crippen molar-refractivity contribution in [2.45, 2.75) is 44.9 Å². The third-order valence-corrected chi connectivity index (χ3v) is 2.99. The smallest absolute Gasteiger partial charge is 0.340 e. The molecular formula is C13H23ClN2O6. The third-order valence-electron chi connectivity index (χ3n) is 2.99. The molecule has 1 aliphatic rings. The van der Waals surface area contributed by atoms with Gasteiger partial charge in [0.25, 0.3) is 0 Å². The molecule has 0 aromatic carbocycles. The van der Waals surface area contributed by atoms with Crippen molar-refractivity contribution in [1.82, 2.24) is 5.32 Å². The number of amides is 1. The van der Waals surface area contributed by atoms with E-state index in [1.54, 1.807) is 13.8 Å². The van der Waals surface area contributed by atoms with Crippen LogP contribution in [0.2, 0.25) is 0 Å². The predicted molar refractivity (Wildman–Crippen MR) is 79.4 cm³/mol. The fourth-order valence-electron chi connectivity index (χ4n) is 1.97. The number of hydrogen-bond acceptors (Lipinski definition) is 7. The first-order valence-electron chi connectivity index (χ1n) is 7.02. The van der Waals surface area contributed by atoms with Crippen LogP contribution in [0, 0.1) is 0 Å². The zero-order chi connectivity index (χ0) is 15.8. The maximum absolute atomic E-state index is 12.0. The molecule has 1 aliphatic heterocycles. The summed E-state index contributed by atoms with van der Waals surface area (Å²) in [5.41, 5.74) is 5.47. The van der Waals surface area contributed by atoms with Crippen LogP contribution in [0.5, 0.6) is 0 Å². The Bertz CT molecular complexity index is 375. The molecule has 1 heterocycles. The van der Waals surface area contributed by atoms with E-state index in [0.29, 0.717) is 19.4 Å². The Morgan fingerprint density at radius 3 is 2.14 bits per heavy atom. The van der Waals surface area contributed by atoms with Gasteiger partial charge in [-0.25, -0.2) is 9.59 Å². The number of hydrogen-bond donors (Lipinski definition) is 2. The van der Waals surface area contributed by atoms with Crippen LogP contribution < -0.4 is 11.1 Å². The molecule has 3 N–H and O–H groups in total. The quantitative estimate of drug-likeness (QED) is 0.476. The second-order valence-electron chi connectivity index (χ2n) is 4.51. The molecule has 8 nitrogen and oxygen atoms in total. The average molecular weight is 339 g/mol. The number of ether oxygens (including phenoxy) is 3. The van der Waals surface area contributed by atoms with Crippen molar-refractivity contribution >= 4 is 30.3 Å². The Kier molecular flexibility index (Phi) is 9.71. The molecule has 0 aliphatic carbocycles. The lowest BCUT2D eigenvalue weighted by Gasteiger charge is -2.18. The minimum absolute atomic E-state index is 0. The molecule has 9 heteroatoms. The van der Waals surface area contributed by atoms with Gasteiger partial charge >= 0.3 is 11.9 Å². The first kappa shape index (κ1) is 20.6. The van der Waals surface area contributed by atoms with Crippen LogP contribution in [0.4, 0.5) is 0 Å². The van der Waals surface area contributed by atoms with E-state index in [2.05, 4.69) is 5.32 Å². The van der Waals surface area contributed by atoms with Gasteiger partial charge in [-0.3, -0.25) is 4.79 Å². The second-order valence-corrected chi connectivity index (χ2v) is 4.51. The van der Waals surface area contributed by atoms with Gasteiger partial charge in [0.2, 0.25) is 11.9 Å². The Morgan fingerprint density at radius 1 is 1.18 bits per heavy atom.